The predicted octanol–water partition coefficient (Wildman–Crippen LogP) is 3.08. The van der Waals surface area contributed by atoms with E-state index in [1.165, 1.54) is 0 Å². The summed E-state index contributed by atoms with van der Waals surface area (Å²) in [7, 11) is 0. The van der Waals surface area contributed by atoms with Gasteiger partial charge in [0.1, 0.15) is 18.1 Å². The Hall–Kier alpha value is -0.800. The topological polar surface area (TPSA) is 45.4 Å². The third-order valence-electron chi connectivity index (χ3n) is 2.59. The van der Waals surface area contributed by atoms with Gasteiger partial charge in [-0.15, -0.1) is 0 Å². The first-order chi connectivity index (χ1) is 7.72. The van der Waals surface area contributed by atoms with Gasteiger partial charge < -0.3 is 14.8 Å². The SMILES string of the molecule is CC(C)(C)CC(C)(C)NCc1ccc(CO)o1. The van der Waals surface area contributed by atoms with Gasteiger partial charge in [0, 0.05) is 5.54 Å². The molecule has 0 radical (unpaired) electrons. The van der Waals surface area contributed by atoms with Gasteiger partial charge in [0.15, 0.2) is 0 Å². The lowest BCUT2D eigenvalue weighted by Crippen LogP contribution is -2.41. The molecule has 0 unspecified atom stereocenters. The number of aliphatic hydroxyl groups is 1. The highest BCUT2D eigenvalue weighted by Gasteiger charge is 2.24. The van der Waals surface area contributed by atoms with Gasteiger partial charge in [-0.2, -0.15) is 0 Å². The normalized spacial score (nSPS) is 13.1. The second-order valence-electron chi connectivity index (χ2n) is 6.50. The van der Waals surface area contributed by atoms with Gasteiger partial charge in [0.05, 0.1) is 6.54 Å². The van der Waals surface area contributed by atoms with Crippen molar-refractivity contribution in [1.29, 1.82) is 0 Å². The van der Waals surface area contributed by atoms with Crippen LogP contribution in [0.15, 0.2) is 16.5 Å². The highest BCUT2D eigenvalue weighted by atomic mass is 16.4. The van der Waals surface area contributed by atoms with E-state index >= 15 is 0 Å². The summed E-state index contributed by atoms with van der Waals surface area (Å²) >= 11 is 0. The lowest BCUT2D eigenvalue weighted by molar-refractivity contribution is 0.226. The van der Waals surface area contributed by atoms with Crippen LogP contribution >= 0.6 is 0 Å². The maximum atomic E-state index is 8.92. The van der Waals surface area contributed by atoms with E-state index in [0.717, 1.165) is 12.2 Å². The molecule has 0 aliphatic heterocycles. The van der Waals surface area contributed by atoms with Crippen LogP contribution in [0.25, 0.3) is 0 Å². The fourth-order valence-electron chi connectivity index (χ4n) is 2.32. The Morgan fingerprint density at radius 1 is 1.12 bits per heavy atom. The molecule has 1 aromatic rings. The molecule has 0 saturated carbocycles. The van der Waals surface area contributed by atoms with Crippen molar-refractivity contribution in [2.75, 3.05) is 0 Å². The lowest BCUT2D eigenvalue weighted by atomic mass is 9.82. The molecule has 0 aliphatic rings. The first kappa shape index (κ1) is 14.3. The molecule has 3 nitrogen and oxygen atoms in total. The van der Waals surface area contributed by atoms with Crippen molar-refractivity contribution >= 4 is 0 Å². The summed E-state index contributed by atoms with van der Waals surface area (Å²) in [5.74, 6) is 1.49. The lowest BCUT2D eigenvalue weighted by Gasteiger charge is -2.33. The van der Waals surface area contributed by atoms with Crippen molar-refractivity contribution in [3.63, 3.8) is 0 Å². The molecule has 1 rings (SSSR count). The zero-order valence-electron chi connectivity index (χ0n) is 11.6. The van der Waals surface area contributed by atoms with Crippen molar-refractivity contribution in [1.82, 2.24) is 5.32 Å². The minimum Gasteiger partial charge on any atom is -0.462 e. The Kier molecular flexibility index (Phi) is 4.39. The van der Waals surface area contributed by atoms with Gasteiger partial charge in [0.2, 0.25) is 0 Å². The van der Waals surface area contributed by atoms with Gasteiger partial charge in [-0.1, -0.05) is 20.8 Å². The van der Waals surface area contributed by atoms with Crippen LogP contribution in [0.5, 0.6) is 0 Å². The number of nitrogens with one attached hydrogen (secondary N) is 1. The smallest absolute Gasteiger partial charge is 0.129 e. The average Bonchev–Trinajstić information content (AvgIpc) is 2.58. The molecule has 1 aromatic heterocycles. The molecular weight excluding hydrogens is 214 g/mol. The van der Waals surface area contributed by atoms with Crippen LogP contribution in [0.3, 0.4) is 0 Å². The summed E-state index contributed by atoms with van der Waals surface area (Å²) in [6, 6.07) is 3.72. The van der Waals surface area contributed by atoms with Crippen LogP contribution in [0, 0.1) is 5.41 Å². The summed E-state index contributed by atoms with van der Waals surface area (Å²) in [6.45, 7) is 11.8. The standard InChI is InChI=1S/C14H25NO2/c1-13(2,3)10-14(4,5)15-8-11-6-7-12(9-16)17-11/h6-7,15-16H,8-10H2,1-5H3. The van der Waals surface area contributed by atoms with Crippen molar-refractivity contribution in [3.05, 3.63) is 23.7 Å². The number of hydrogen-bond acceptors (Lipinski definition) is 3. The van der Waals surface area contributed by atoms with E-state index in [-0.39, 0.29) is 12.1 Å². The largest absolute Gasteiger partial charge is 0.462 e. The molecule has 0 aromatic carbocycles. The summed E-state index contributed by atoms with van der Waals surface area (Å²) in [5, 5.41) is 12.4. The molecule has 0 saturated heterocycles. The molecular formula is C14H25NO2. The third-order valence-corrected chi connectivity index (χ3v) is 2.59. The third kappa shape index (κ3) is 5.37. The van der Waals surface area contributed by atoms with E-state index in [1.54, 1.807) is 0 Å². The molecule has 0 amide bonds. The van der Waals surface area contributed by atoms with E-state index in [2.05, 4.69) is 39.9 Å². The van der Waals surface area contributed by atoms with Gasteiger partial charge in [-0.3, -0.25) is 0 Å². The Morgan fingerprint density at radius 3 is 2.18 bits per heavy atom. The minimum absolute atomic E-state index is 0.0363. The number of rotatable bonds is 5. The Balaban J connectivity index is 2.49. The van der Waals surface area contributed by atoms with Gasteiger partial charge in [-0.25, -0.2) is 0 Å². The number of furan rings is 1. The number of hydrogen-bond donors (Lipinski definition) is 2. The second-order valence-corrected chi connectivity index (χ2v) is 6.50. The molecule has 0 aliphatic carbocycles. The van der Waals surface area contributed by atoms with E-state index in [9.17, 15) is 0 Å². The van der Waals surface area contributed by atoms with E-state index in [0.29, 0.717) is 17.7 Å². The van der Waals surface area contributed by atoms with Gasteiger partial charge >= 0.3 is 0 Å². The van der Waals surface area contributed by atoms with E-state index in [4.69, 9.17) is 9.52 Å². The van der Waals surface area contributed by atoms with Crippen molar-refractivity contribution in [2.45, 2.75) is 59.7 Å². The maximum absolute atomic E-state index is 8.92. The van der Waals surface area contributed by atoms with Crippen molar-refractivity contribution in [3.8, 4) is 0 Å². The first-order valence-electron chi connectivity index (χ1n) is 6.15. The molecule has 3 heteroatoms. The molecule has 2 N–H and O–H groups in total. The summed E-state index contributed by atoms with van der Waals surface area (Å²) in [5.41, 5.74) is 0.375. The molecule has 1 heterocycles. The molecule has 0 spiro atoms. The first-order valence-corrected chi connectivity index (χ1v) is 6.15. The highest BCUT2D eigenvalue weighted by molar-refractivity contribution is 5.06. The Morgan fingerprint density at radius 2 is 1.71 bits per heavy atom. The molecule has 0 fully saturated rings. The second kappa shape index (κ2) is 5.23. The van der Waals surface area contributed by atoms with Gasteiger partial charge in [0.25, 0.3) is 0 Å². The highest BCUT2D eigenvalue weighted by Crippen LogP contribution is 2.27. The predicted molar refractivity (Wildman–Crippen MR) is 69.6 cm³/mol. The fraction of sp³-hybridized carbons (Fsp3) is 0.714. The zero-order valence-corrected chi connectivity index (χ0v) is 11.6. The van der Waals surface area contributed by atoms with Crippen molar-refractivity contribution < 1.29 is 9.52 Å². The summed E-state index contributed by atoms with van der Waals surface area (Å²) < 4.78 is 5.45. The molecule has 98 valence electrons. The molecule has 17 heavy (non-hydrogen) atoms. The quantitative estimate of drug-likeness (QED) is 0.830. The van der Waals surface area contributed by atoms with Crippen LogP contribution < -0.4 is 5.32 Å². The van der Waals surface area contributed by atoms with Crippen LogP contribution in [0.4, 0.5) is 0 Å². The van der Waals surface area contributed by atoms with Crippen molar-refractivity contribution in [2.24, 2.45) is 5.41 Å². The average molecular weight is 239 g/mol. The van der Waals surface area contributed by atoms with E-state index in [1.807, 2.05) is 12.1 Å². The monoisotopic (exact) mass is 239 g/mol. The van der Waals surface area contributed by atoms with Crippen LogP contribution in [0.1, 0.15) is 52.6 Å². The summed E-state index contributed by atoms with van der Waals surface area (Å²) in [6.07, 6.45) is 1.09. The minimum atomic E-state index is -0.0363. The Labute approximate surface area is 104 Å². The Bertz CT molecular complexity index is 347. The maximum Gasteiger partial charge on any atom is 0.129 e. The molecule has 0 atom stereocenters. The number of aliphatic hydroxyl groups excluding tert-OH is 1. The zero-order chi connectivity index (χ0) is 13.1. The van der Waals surface area contributed by atoms with E-state index < -0.39 is 0 Å². The fourth-order valence-corrected chi connectivity index (χ4v) is 2.32. The van der Waals surface area contributed by atoms with Crippen LogP contribution in [-0.2, 0) is 13.2 Å². The van der Waals surface area contributed by atoms with Crippen LogP contribution in [-0.4, -0.2) is 10.6 Å². The summed E-state index contributed by atoms with van der Waals surface area (Å²) in [4.78, 5) is 0. The van der Waals surface area contributed by atoms with Gasteiger partial charge in [-0.05, 0) is 37.8 Å². The molecule has 0 bridgehead atoms. The van der Waals surface area contributed by atoms with Crippen LogP contribution in [0.2, 0.25) is 0 Å².